The van der Waals surface area contributed by atoms with Gasteiger partial charge in [-0.3, -0.25) is 0 Å². The van der Waals surface area contributed by atoms with Gasteiger partial charge < -0.3 is 9.66 Å². The molecule has 9 heavy (non-hydrogen) atoms. The van der Waals surface area contributed by atoms with Crippen LogP contribution >= 0.6 is 0 Å². The van der Waals surface area contributed by atoms with Gasteiger partial charge in [0, 0.05) is 12.8 Å². The summed E-state index contributed by atoms with van der Waals surface area (Å²) in [4.78, 5) is 0. The first-order chi connectivity index (χ1) is 4.09. The first-order valence-electron chi connectivity index (χ1n) is 3.11. The summed E-state index contributed by atoms with van der Waals surface area (Å²) in [6.45, 7) is 1.72. The van der Waals surface area contributed by atoms with Crippen LogP contribution in [0.5, 0.6) is 0 Å². The molecule has 0 spiro atoms. The topological polar surface area (TPSA) is 43.3 Å². The predicted octanol–water partition coefficient (Wildman–Crippen LogP) is 0.278. The van der Waals surface area contributed by atoms with E-state index in [4.69, 9.17) is 5.11 Å². The van der Waals surface area contributed by atoms with E-state index in [2.05, 4.69) is 0 Å². The minimum atomic E-state index is -0.845. The molecule has 1 fully saturated rings. The molecule has 0 aromatic carbocycles. The first kappa shape index (κ1) is 7.38. The number of hydrogen-bond donors (Lipinski definition) is 1. The van der Waals surface area contributed by atoms with E-state index in [-0.39, 0.29) is 4.75 Å². The molecule has 2 atom stereocenters. The van der Waals surface area contributed by atoms with Crippen LogP contribution < -0.4 is 0 Å². The molecule has 2 unspecified atom stereocenters. The lowest BCUT2D eigenvalue weighted by Gasteiger charge is -2.19. The summed E-state index contributed by atoms with van der Waals surface area (Å²) in [5.41, 5.74) is 0. The lowest BCUT2D eigenvalue weighted by atomic mass is 10.3. The second-order valence-corrected chi connectivity index (χ2v) is 4.42. The minimum absolute atomic E-state index is 0.222. The largest absolute Gasteiger partial charge is 0.616 e. The fraction of sp³-hybridized carbons (Fsp3) is 1.00. The van der Waals surface area contributed by atoms with E-state index in [1.807, 2.05) is 0 Å². The number of aliphatic hydroxyl groups excluding tert-OH is 1. The van der Waals surface area contributed by atoms with Crippen molar-refractivity contribution < 1.29 is 9.66 Å². The van der Waals surface area contributed by atoms with Gasteiger partial charge in [0.15, 0.2) is 4.75 Å². The van der Waals surface area contributed by atoms with E-state index in [0.29, 0.717) is 0 Å². The van der Waals surface area contributed by atoms with Gasteiger partial charge in [0.25, 0.3) is 0 Å². The molecule has 1 N–H and O–H groups in total. The van der Waals surface area contributed by atoms with Gasteiger partial charge in [-0.05, 0) is 18.1 Å². The zero-order valence-corrected chi connectivity index (χ0v) is 6.57. The molecule has 0 amide bonds. The molecule has 0 aromatic rings. The van der Waals surface area contributed by atoms with Crippen molar-refractivity contribution in [2.45, 2.75) is 30.6 Å². The van der Waals surface area contributed by atoms with Gasteiger partial charge in [0.1, 0.15) is 6.10 Å². The molecule has 1 aliphatic rings. The van der Waals surface area contributed by atoms with E-state index in [1.165, 1.54) is 0 Å². The van der Waals surface area contributed by atoms with Crippen LogP contribution in [-0.4, -0.2) is 26.8 Å². The van der Waals surface area contributed by atoms with Crippen LogP contribution in [0.3, 0.4) is 0 Å². The minimum Gasteiger partial charge on any atom is -0.616 e. The molecule has 1 saturated carbocycles. The monoisotopic (exact) mass is 148 g/mol. The highest BCUT2D eigenvalue weighted by Crippen LogP contribution is 2.45. The Morgan fingerprint density at radius 3 is 2.11 bits per heavy atom. The summed E-state index contributed by atoms with van der Waals surface area (Å²) in [5.74, 6) is 0. The molecular weight excluding hydrogens is 136 g/mol. The van der Waals surface area contributed by atoms with Gasteiger partial charge in [-0.25, -0.2) is 0 Å². The van der Waals surface area contributed by atoms with Crippen LogP contribution in [0.25, 0.3) is 0 Å². The third-order valence-electron chi connectivity index (χ3n) is 2.08. The van der Waals surface area contributed by atoms with Crippen LogP contribution in [0.1, 0.15) is 19.8 Å². The molecule has 0 radical (unpaired) electrons. The van der Waals surface area contributed by atoms with E-state index >= 15 is 0 Å². The van der Waals surface area contributed by atoms with Gasteiger partial charge in [0.2, 0.25) is 0 Å². The summed E-state index contributed by atoms with van der Waals surface area (Å²) in [6.07, 6.45) is 3.12. The third kappa shape index (κ3) is 1.09. The smallest absolute Gasteiger partial charge is 0.151 e. The summed E-state index contributed by atoms with van der Waals surface area (Å²) in [7, 11) is 0. The molecule has 0 aliphatic heterocycles. The summed E-state index contributed by atoms with van der Waals surface area (Å²) in [6, 6.07) is 0. The Labute approximate surface area is 58.4 Å². The van der Waals surface area contributed by atoms with Gasteiger partial charge >= 0.3 is 0 Å². The first-order valence-corrected chi connectivity index (χ1v) is 4.67. The Bertz CT molecular complexity index is 97.6. The van der Waals surface area contributed by atoms with Crippen LogP contribution in [0.4, 0.5) is 0 Å². The molecule has 0 aromatic heterocycles. The molecular formula is C6H12O2S. The van der Waals surface area contributed by atoms with E-state index in [1.54, 1.807) is 13.2 Å². The third-order valence-corrected chi connectivity index (χ3v) is 3.97. The highest BCUT2D eigenvalue weighted by Gasteiger charge is 2.56. The van der Waals surface area contributed by atoms with Crippen molar-refractivity contribution in [3.05, 3.63) is 0 Å². The summed E-state index contributed by atoms with van der Waals surface area (Å²) < 4.78 is 10.7. The Morgan fingerprint density at radius 2 is 2.11 bits per heavy atom. The highest BCUT2D eigenvalue weighted by molar-refractivity contribution is 7.92. The Morgan fingerprint density at radius 1 is 1.67 bits per heavy atom. The van der Waals surface area contributed by atoms with E-state index in [9.17, 15) is 4.55 Å². The maximum absolute atomic E-state index is 10.9. The van der Waals surface area contributed by atoms with Crippen LogP contribution in [0, 0.1) is 0 Å². The SMILES string of the molecule is CC(O)C1([S+](C)[O-])CC1. The van der Waals surface area contributed by atoms with Crippen LogP contribution in [0.15, 0.2) is 0 Å². The van der Waals surface area contributed by atoms with Crippen molar-refractivity contribution in [2.24, 2.45) is 0 Å². The highest BCUT2D eigenvalue weighted by atomic mass is 32.2. The average molecular weight is 148 g/mol. The zero-order valence-electron chi connectivity index (χ0n) is 5.76. The summed E-state index contributed by atoms with van der Waals surface area (Å²) >= 11 is -0.845. The summed E-state index contributed by atoms with van der Waals surface area (Å²) in [5, 5.41) is 9.12. The van der Waals surface area contributed by atoms with Crippen molar-refractivity contribution >= 4 is 11.2 Å². The number of aliphatic hydroxyl groups is 1. The second kappa shape index (κ2) is 2.15. The number of hydrogen-bond acceptors (Lipinski definition) is 2. The molecule has 2 nitrogen and oxygen atoms in total. The molecule has 3 heteroatoms. The molecule has 54 valence electrons. The molecule has 1 rings (SSSR count). The van der Waals surface area contributed by atoms with Gasteiger partial charge in [-0.1, -0.05) is 0 Å². The fourth-order valence-corrected chi connectivity index (χ4v) is 2.23. The van der Waals surface area contributed by atoms with Crippen molar-refractivity contribution in [3.8, 4) is 0 Å². The molecule has 0 heterocycles. The zero-order chi connectivity index (χ0) is 7.07. The van der Waals surface area contributed by atoms with E-state index < -0.39 is 17.3 Å². The van der Waals surface area contributed by atoms with Crippen LogP contribution in [0.2, 0.25) is 0 Å². The Kier molecular flexibility index (Phi) is 1.76. The van der Waals surface area contributed by atoms with Gasteiger partial charge in [-0.15, -0.1) is 0 Å². The van der Waals surface area contributed by atoms with Crippen LogP contribution in [-0.2, 0) is 11.2 Å². The maximum Gasteiger partial charge on any atom is 0.151 e. The molecule has 0 saturated heterocycles. The maximum atomic E-state index is 10.9. The standard InChI is InChI=1S/C6H12O2S/c1-5(7)6(3-4-6)9(2)8/h5,7H,3-4H2,1-2H3. The Hall–Kier alpha value is 0.270. The number of rotatable bonds is 2. The van der Waals surface area contributed by atoms with E-state index in [0.717, 1.165) is 12.8 Å². The average Bonchev–Trinajstić information content (AvgIpc) is 2.40. The molecule has 0 bridgehead atoms. The van der Waals surface area contributed by atoms with Crippen molar-refractivity contribution in [1.82, 2.24) is 0 Å². The predicted molar refractivity (Wildman–Crippen MR) is 37.7 cm³/mol. The van der Waals surface area contributed by atoms with Crippen molar-refractivity contribution in [1.29, 1.82) is 0 Å². The quantitative estimate of drug-likeness (QED) is 0.571. The van der Waals surface area contributed by atoms with Gasteiger partial charge in [0.05, 0.1) is 6.26 Å². The normalized spacial score (nSPS) is 29.3. The lowest BCUT2D eigenvalue weighted by Crippen LogP contribution is -2.33. The van der Waals surface area contributed by atoms with Crippen molar-refractivity contribution in [2.75, 3.05) is 6.26 Å². The molecule has 1 aliphatic carbocycles. The van der Waals surface area contributed by atoms with Gasteiger partial charge in [-0.2, -0.15) is 0 Å². The second-order valence-electron chi connectivity index (χ2n) is 2.69. The fourth-order valence-electron chi connectivity index (χ4n) is 1.07. The Balaban J connectivity index is 2.52. The lowest BCUT2D eigenvalue weighted by molar-refractivity contribution is 0.180. The van der Waals surface area contributed by atoms with Crippen molar-refractivity contribution in [3.63, 3.8) is 0 Å².